The van der Waals surface area contributed by atoms with E-state index in [1.807, 2.05) is 31.2 Å². The SMILES string of the molecule is CCC(C(=O)NC)N(Cc1cccc(C)c1)C(=O)CN(c1cccc(Cl)c1Cl)S(C)(=O)=O. The van der Waals surface area contributed by atoms with Crippen LogP contribution in [0.4, 0.5) is 5.69 Å². The van der Waals surface area contributed by atoms with Gasteiger partial charge >= 0.3 is 0 Å². The summed E-state index contributed by atoms with van der Waals surface area (Å²) >= 11 is 12.3. The molecule has 0 aliphatic rings. The maximum absolute atomic E-state index is 13.4. The second-order valence-electron chi connectivity index (χ2n) is 7.39. The maximum Gasteiger partial charge on any atom is 0.244 e. The molecule has 0 saturated carbocycles. The fraction of sp³-hybridized carbons (Fsp3) is 0.364. The molecule has 0 fully saturated rings. The number of aryl methyl sites for hydroxylation is 1. The lowest BCUT2D eigenvalue weighted by Crippen LogP contribution is -2.51. The first-order valence-corrected chi connectivity index (χ1v) is 12.6. The minimum absolute atomic E-state index is 0.0240. The van der Waals surface area contributed by atoms with Crippen molar-refractivity contribution in [2.24, 2.45) is 0 Å². The van der Waals surface area contributed by atoms with Crippen LogP contribution in [-0.2, 0) is 26.2 Å². The van der Waals surface area contributed by atoms with Crippen molar-refractivity contribution in [3.05, 3.63) is 63.6 Å². The van der Waals surface area contributed by atoms with Gasteiger partial charge < -0.3 is 10.2 Å². The first-order valence-electron chi connectivity index (χ1n) is 9.97. The van der Waals surface area contributed by atoms with Crippen molar-refractivity contribution < 1.29 is 18.0 Å². The van der Waals surface area contributed by atoms with Crippen LogP contribution in [0.25, 0.3) is 0 Å². The smallest absolute Gasteiger partial charge is 0.244 e. The summed E-state index contributed by atoms with van der Waals surface area (Å²) in [5.41, 5.74) is 1.93. The quantitative estimate of drug-likeness (QED) is 0.570. The topological polar surface area (TPSA) is 86.8 Å². The van der Waals surface area contributed by atoms with Gasteiger partial charge in [0.25, 0.3) is 0 Å². The highest BCUT2D eigenvalue weighted by Crippen LogP contribution is 2.33. The molecule has 2 aromatic rings. The average molecular weight is 500 g/mol. The minimum atomic E-state index is -3.88. The first kappa shape index (κ1) is 26.0. The second-order valence-corrected chi connectivity index (χ2v) is 10.1. The van der Waals surface area contributed by atoms with Crippen LogP contribution in [0.3, 0.4) is 0 Å². The molecule has 2 aromatic carbocycles. The molecule has 0 saturated heterocycles. The van der Waals surface area contributed by atoms with Gasteiger partial charge in [0.1, 0.15) is 12.6 Å². The monoisotopic (exact) mass is 499 g/mol. The van der Waals surface area contributed by atoms with Crippen LogP contribution in [0, 0.1) is 6.92 Å². The Morgan fingerprint density at radius 1 is 1.12 bits per heavy atom. The van der Waals surface area contributed by atoms with Gasteiger partial charge in [0, 0.05) is 13.6 Å². The van der Waals surface area contributed by atoms with E-state index >= 15 is 0 Å². The molecular formula is C22H27Cl2N3O4S. The Labute approximate surface area is 199 Å². The third kappa shape index (κ3) is 6.37. The van der Waals surface area contributed by atoms with Gasteiger partial charge in [-0.1, -0.05) is 66.0 Å². The number of hydrogen-bond acceptors (Lipinski definition) is 4. The number of likely N-dealkylation sites (N-methyl/N-ethyl adjacent to an activating group) is 1. The number of benzene rings is 2. The molecule has 1 atom stereocenters. The van der Waals surface area contributed by atoms with E-state index in [1.54, 1.807) is 13.0 Å². The van der Waals surface area contributed by atoms with Gasteiger partial charge in [0.15, 0.2) is 0 Å². The van der Waals surface area contributed by atoms with Crippen LogP contribution in [0.1, 0.15) is 24.5 Å². The normalized spacial score (nSPS) is 12.2. The molecule has 2 rings (SSSR count). The fourth-order valence-corrected chi connectivity index (χ4v) is 4.68. The van der Waals surface area contributed by atoms with Gasteiger partial charge in [-0.25, -0.2) is 8.42 Å². The van der Waals surface area contributed by atoms with Gasteiger partial charge in [-0.2, -0.15) is 0 Å². The van der Waals surface area contributed by atoms with Crippen LogP contribution in [0.15, 0.2) is 42.5 Å². The number of anilines is 1. The fourth-order valence-electron chi connectivity index (χ4n) is 3.37. The number of nitrogens with one attached hydrogen (secondary N) is 1. The second kappa shape index (κ2) is 11.0. The van der Waals surface area contributed by atoms with E-state index in [2.05, 4.69) is 5.32 Å². The summed E-state index contributed by atoms with van der Waals surface area (Å²) in [5.74, 6) is -0.872. The van der Waals surface area contributed by atoms with E-state index in [1.165, 1.54) is 24.1 Å². The van der Waals surface area contributed by atoms with Crippen molar-refractivity contribution in [1.29, 1.82) is 0 Å². The van der Waals surface area contributed by atoms with Gasteiger partial charge in [-0.3, -0.25) is 13.9 Å². The zero-order valence-electron chi connectivity index (χ0n) is 18.4. The molecule has 0 aliphatic carbocycles. The molecule has 2 amide bonds. The van der Waals surface area contributed by atoms with E-state index < -0.39 is 28.5 Å². The molecule has 7 nitrogen and oxygen atoms in total. The van der Waals surface area contributed by atoms with Gasteiger partial charge in [0.05, 0.1) is 22.0 Å². The van der Waals surface area contributed by atoms with E-state index in [0.29, 0.717) is 6.42 Å². The molecule has 0 radical (unpaired) electrons. The molecule has 0 bridgehead atoms. The van der Waals surface area contributed by atoms with Crippen molar-refractivity contribution >= 4 is 50.7 Å². The van der Waals surface area contributed by atoms with Gasteiger partial charge in [-0.05, 0) is 31.0 Å². The van der Waals surface area contributed by atoms with Crippen molar-refractivity contribution in [1.82, 2.24) is 10.2 Å². The molecule has 1 N–H and O–H groups in total. The van der Waals surface area contributed by atoms with Crippen LogP contribution in [0.2, 0.25) is 10.0 Å². The summed E-state index contributed by atoms with van der Waals surface area (Å²) in [4.78, 5) is 27.4. The number of halogens is 2. The van der Waals surface area contributed by atoms with Crippen molar-refractivity contribution in [3.8, 4) is 0 Å². The third-order valence-electron chi connectivity index (χ3n) is 4.95. The van der Waals surface area contributed by atoms with E-state index in [0.717, 1.165) is 21.7 Å². The number of sulfonamides is 1. The number of carbonyl (C=O) groups is 2. The predicted molar refractivity (Wildman–Crippen MR) is 129 cm³/mol. The minimum Gasteiger partial charge on any atom is -0.357 e. The highest BCUT2D eigenvalue weighted by atomic mass is 35.5. The summed E-state index contributed by atoms with van der Waals surface area (Å²) in [6, 6.07) is 11.3. The van der Waals surface area contributed by atoms with Crippen molar-refractivity contribution in [2.75, 3.05) is 24.2 Å². The molecule has 0 aromatic heterocycles. The molecule has 0 aliphatic heterocycles. The Morgan fingerprint density at radius 2 is 1.78 bits per heavy atom. The zero-order valence-corrected chi connectivity index (χ0v) is 20.8. The third-order valence-corrected chi connectivity index (χ3v) is 6.88. The van der Waals surface area contributed by atoms with Crippen LogP contribution in [-0.4, -0.2) is 51.0 Å². The predicted octanol–water partition coefficient (Wildman–Crippen LogP) is 3.62. The lowest BCUT2D eigenvalue weighted by Gasteiger charge is -2.32. The Morgan fingerprint density at radius 3 is 2.34 bits per heavy atom. The number of amides is 2. The summed E-state index contributed by atoms with van der Waals surface area (Å²) < 4.78 is 26.0. The molecule has 174 valence electrons. The van der Waals surface area contributed by atoms with Gasteiger partial charge in [0.2, 0.25) is 21.8 Å². The molecular weight excluding hydrogens is 473 g/mol. The average Bonchev–Trinajstić information content (AvgIpc) is 2.73. The first-order chi connectivity index (χ1) is 15.0. The maximum atomic E-state index is 13.4. The van der Waals surface area contributed by atoms with Crippen molar-refractivity contribution in [3.63, 3.8) is 0 Å². The summed E-state index contributed by atoms with van der Waals surface area (Å²) in [5, 5.41) is 2.77. The highest BCUT2D eigenvalue weighted by molar-refractivity contribution is 7.92. The van der Waals surface area contributed by atoms with Crippen LogP contribution in [0.5, 0.6) is 0 Å². The molecule has 0 heterocycles. The largest absolute Gasteiger partial charge is 0.357 e. The van der Waals surface area contributed by atoms with Crippen molar-refractivity contribution in [2.45, 2.75) is 32.9 Å². The summed E-state index contributed by atoms with van der Waals surface area (Å²) in [6.07, 6.45) is 1.34. The molecule has 0 spiro atoms. The lowest BCUT2D eigenvalue weighted by atomic mass is 10.1. The Bertz CT molecular complexity index is 1090. The summed E-state index contributed by atoms with van der Waals surface area (Å²) in [6.45, 7) is 3.34. The standard InChI is InChI=1S/C22H27Cl2N3O4S/c1-5-18(22(29)25-3)26(13-16-9-6-8-15(2)12-16)20(28)14-27(32(4,30)31)19-11-7-10-17(23)21(19)24/h6-12,18H,5,13-14H2,1-4H3,(H,25,29). The van der Waals surface area contributed by atoms with E-state index in [-0.39, 0.29) is 28.2 Å². The van der Waals surface area contributed by atoms with E-state index in [4.69, 9.17) is 23.2 Å². The van der Waals surface area contributed by atoms with Crippen LogP contribution >= 0.6 is 23.2 Å². The number of carbonyl (C=O) groups excluding carboxylic acids is 2. The highest BCUT2D eigenvalue weighted by Gasteiger charge is 2.32. The lowest BCUT2D eigenvalue weighted by molar-refractivity contribution is -0.140. The zero-order chi connectivity index (χ0) is 24.1. The van der Waals surface area contributed by atoms with Gasteiger partial charge in [-0.15, -0.1) is 0 Å². The Balaban J connectivity index is 2.48. The molecule has 10 heteroatoms. The Kier molecular flexibility index (Phi) is 8.95. The molecule has 32 heavy (non-hydrogen) atoms. The molecule has 1 unspecified atom stereocenters. The van der Waals surface area contributed by atoms with Crippen LogP contribution < -0.4 is 9.62 Å². The van der Waals surface area contributed by atoms with E-state index in [9.17, 15) is 18.0 Å². The number of hydrogen-bond donors (Lipinski definition) is 1. The number of nitrogens with zero attached hydrogens (tertiary/aromatic N) is 2. The number of rotatable bonds is 9. The summed E-state index contributed by atoms with van der Waals surface area (Å²) in [7, 11) is -2.39. The Hall–Kier alpha value is -2.29.